The third-order valence-electron chi connectivity index (χ3n) is 2.74. The highest BCUT2D eigenvalue weighted by Gasteiger charge is 2.09. The molecule has 0 aliphatic rings. The second-order valence-corrected chi connectivity index (χ2v) is 5.15. The van der Waals surface area contributed by atoms with Gasteiger partial charge in [0.25, 0.3) is 5.91 Å². The van der Waals surface area contributed by atoms with Gasteiger partial charge in [-0.25, -0.2) is 0 Å². The maximum atomic E-state index is 11.9. The van der Waals surface area contributed by atoms with Crippen LogP contribution in [0, 0.1) is 0 Å². The predicted molar refractivity (Wildman–Crippen MR) is 84.6 cm³/mol. The summed E-state index contributed by atoms with van der Waals surface area (Å²) in [5.74, 6) is 1.12. The number of halogens is 1. The van der Waals surface area contributed by atoms with Gasteiger partial charge < -0.3 is 14.8 Å². The molecule has 1 aromatic carbocycles. The minimum atomic E-state index is -0.0737. The third-order valence-corrected chi connectivity index (χ3v) is 3.50. The van der Waals surface area contributed by atoms with E-state index in [-0.39, 0.29) is 5.91 Å². The molecule has 0 atom stereocenters. The fraction of sp³-hybridized carbons (Fsp3) is 0.500. The van der Waals surface area contributed by atoms with Gasteiger partial charge in [0.15, 0.2) is 11.5 Å². The first-order valence-corrected chi connectivity index (χ1v) is 7.81. The Bertz CT molecular complexity index is 410. The highest BCUT2D eigenvalue weighted by Crippen LogP contribution is 2.27. The molecule has 0 unspecified atom stereocenters. The number of alkyl halides is 1. The highest BCUT2D eigenvalue weighted by molar-refractivity contribution is 14.1. The Labute approximate surface area is 128 Å². The zero-order valence-corrected chi connectivity index (χ0v) is 13.5. The van der Waals surface area contributed by atoms with Crippen molar-refractivity contribution >= 4 is 28.5 Å². The summed E-state index contributed by atoms with van der Waals surface area (Å²) >= 11 is 2.36. The lowest BCUT2D eigenvalue weighted by atomic mass is 10.2. The van der Waals surface area contributed by atoms with Crippen LogP contribution in [0.3, 0.4) is 0 Å². The number of hydrogen-bond donors (Lipinski definition) is 1. The maximum Gasteiger partial charge on any atom is 0.251 e. The molecule has 1 rings (SSSR count). The van der Waals surface area contributed by atoms with Gasteiger partial charge in [-0.3, -0.25) is 4.79 Å². The average Bonchev–Trinajstić information content (AvgIpc) is 2.46. The van der Waals surface area contributed by atoms with E-state index in [9.17, 15) is 4.79 Å². The second-order valence-electron chi connectivity index (χ2n) is 4.08. The molecule has 0 fully saturated rings. The summed E-state index contributed by atoms with van der Waals surface area (Å²) in [6.07, 6.45) is 3.37. The number of rotatable bonds is 8. The first-order valence-electron chi connectivity index (χ1n) is 6.29. The van der Waals surface area contributed by atoms with Crippen LogP contribution in [0.15, 0.2) is 18.2 Å². The molecule has 1 N–H and O–H groups in total. The minimum absolute atomic E-state index is 0.0737. The molecule has 0 spiro atoms. The van der Waals surface area contributed by atoms with Crippen molar-refractivity contribution < 1.29 is 14.3 Å². The van der Waals surface area contributed by atoms with E-state index in [1.807, 2.05) is 0 Å². The summed E-state index contributed by atoms with van der Waals surface area (Å²) in [5.41, 5.74) is 0.589. The molecule has 0 heterocycles. The van der Waals surface area contributed by atoms with Crippen molar-refractivity contribution in [1.29, 1.82) is 0 Å². The van der Waals surface area contributed by atoms with E-state index in [2.05, 4.69) is 27.9 Å². The number of unbranched alkanes of at least 4 members (excludes halogenated alkanes) is 2. The van der Waals surface area contributed by atoms with Gasteiger partial charge in [0.1, 0.15) is 0 Å². The molecule has 5 heteroatoms. The monoisotopic (exact) mass is 377 g/mol. The van der Waals surface area contributed by atoms with Gasteiger partial charge in [0.2, 0.25) is 0 Å². The van der Waals surface area contributed by atoms with E-state index in [1.54, 1.807) is 32.4 Å². The molecule has 4 nitrogen and oxygen atoms in total. The van der Waals surface area contributed by atoms with Gasteiger partial charge in [0, 0.05) is 12.1 Å². The molecule has 0 bridgehead atoms. The number of nitrogens with one attached hydrogen (secondary N) is 1. The molecule has 0 saturated carbocycles. The van der Waals surface area contributed by atoms with Crippen molar-refractivity contribution in [2.45, 2.75) is 19.3 Å². The molecule has 0 saturated heterocycles. The van der Waals surface area contributed by atoms with E-state index in [0.29, 0.717) is 23.6 Å². The normalized spacial score (nSPS) is 10.1. The summed E-state index contributed by atoms with van der Waals surface area (Å²) in [6.45, 7) is 0.712. The topological polar surface area (TPSA) is 47.6 Å². The standard InChI is InChI=1S/C14H20INO3/c1-18-12-7-6-11(10-13(12)19-2)14(17)16-9-5-3-4-8-15/h6-7,10H,3-5,8-9H2,1-2H3,(H,16,17). The van der Waals surface area contributed by atoms with Crippen LogP contribution in [0.4, 0.5) is 0 Å². The van der Waals surface area contributed by atoms with Gasteiger partial charge in [-0.05, 0) is 35.5 Å². The largest absolute Gasteiger partial charge is 0.493 e. The van der Waals surface area contributed by atoms with Crippen LogP contribution in [-0.2, 0) is 0 Å². The first-order chi connectivity index (χ1) is 9.22. The molecule has 1 aromatic rings. The van der Waals surface area contributed by atoms with Gasteiger partial charge >= 0.3 is 0 Å². The third kappa shape index (κ3) is 5.26. The Kier molecular flexibility index (Phi) is 7.62. The van der Waals surface area contributed by atoms with Gasteiger partial charge in [-0.1, -0.05) is 29.0 Å². The summed E-state index contributed by atoms with van der Waals surface area (Å²) in [4.78, 5) is 11.9. The lowest BCUT2D eigenvalue weighted by Gasteiger charge is -2.10. The number of benzene rings is 1. The lowest BCUT2D eigenvalue weighted by molar-refractivity contribution is 0.0952. The SMILES string of the molecule is COc1ccc(C(=O)NCCCCCI)cc1OC. The molecule has 106 valence electrons. The van der Waals surface area contributed by atoms with Crippen molar-refractivity contribution in [1.82, 2.24) is 5.32 Å². The maximum absolute atomic E-state index is 11.9. The van der Waals surface area contributed by atoms with Crippen LogP contribution >= 0.6 is 22.6 Å². The number of amides is 1. The number of methoxy groups -OCH3 is 2. The van der Waals surface area contributed by atoms with Crippen molar-refractivity contribution in [2.24, 2.45) is 0 Å². The van der Waals surface area contributed by atoms with Gasteiger partial charge in [-0.15, -0.1) is 0 Å². The van der Waals surface area contributed by atoms with Crippen molar-refractivity contribution in [3.8, 4) is 11.5 Å². The smallest absolute Gasteiger partial charge is 0.251 e. The van der Waals surface area contributed by atoms with Crippen LogP contribution in [0.1, 0.15) is 29.6 Å². The molecule has 0 aromatic heterocycles. The van der Waals surface area contributed by atoms with E-state index < -0.39 is 0 Å². The molecule has 1 amide bonds. The van der Waals surface area contributed by atoms with E-state index >= 15 is 0 Å². The van der Waals surface area contributed by atoms with Gasteiger partial charge in [-0.2, -0.15) is 0 Å². The van der Waals surface area contributed by atoms with Crippen LogP contribution in [0.2, 0.25) is 0 Å². The van der Waals surface area contributed by atoms with Crippen molar-refractivity contribution in [3.63, 3.8) is 0 Å². The molecule has 0 aliphatic carbocycles. The van der Waals surface area contributed by atoms with Crippen LogP contribution in [-0.4, -0.2) is 31.1 Å². The van der Waals surface area contributed by atoms with E-state index in [4.69, 9.17) is 9.47 Å². The number of carbonyl (C=O) groups excluding carboxylic acids is 1. The molecular formula is C14H20INO3. The highest BCUT2D eigenvalue weighted by atomic mass is 127. The molecule has 0 radical (unpaired) electrons. The quantitative estimate of drug-likeness (QED) is 0.431. The number of ether oxygens (including phenoxy) is 2. The Balaban J connectivity index is 2.52. The summed E-state index contributed by atoms with van der Waals surface area (Å²) in [6, 6.07) is 5.17. The Morgan fingerprint density at radius 1 is 1.16 bits per heavy atom. The number of carbonyl (C=O) groups is 1. The van der Waals surface area contributed by atoms with Crippen LogP contribution in [0.25, 0.3) is 0 Å². The lowest BCUT2D eigenvalue weighted by Crippen LogP contribution is -2.24. The van der Waals surface area contributed by atoms with E-state index in [1.165, 1.54) is 10.8 Å². The molecule has 19 heavy (non-hydrogen) atoms. The average molecular weight is 377 g/mol. The zero-order chi connectivity index (χ0) is 14.1. The Morgan fingerprint density at radius 2 is 1.89 bits per heavy atom. The van der Waals surface area contributed by atoms with Crippen molar-refractivity contribution in [2.75, 3.05) is 25.2 Å². The Morgan fingerprint density at radius 3 is 2.53 bits per heavy atom. The summed E-state index contributed by atoms with van der Waals surface area (Å²) in [7, 11) is 3.13. The fourth-order valence-electron chi connectivity index (χ4n) is 1.68. The van der Waals surface area contributed by atoms with Gasteiger partial charge in [0.05, 0.1) is 14.2 Å². The summed E-state index contributed by atoms with van der Waals surface area (Å²) in [5, 5.41) is 2.91. The zero-order valence-electron chi connectivity index (χ0n) is 11.4. The van der Waals surface area contributed by atoms with Crippen LogP contribution < -0.4 is 14.8 Å². The van der Waals surface area contributed by atoms with E-state index in [0.717, 1.165) is 12.8 Å². The first kappa shape index (κ1) is 16.1. The minimum Gasteiger partial charge on any atom is -0.493 e. The summed E-state index contributed by atoms with van der Waals surface area (Å²) < 4.78 is 11.5. The molecular weight excluding hydrogens is 357 g/mol. The number of hydrogen-bond acceptors (Lipinski definition) is 3. The van der Waals surface area contributed by atoms with Crippen LogP contribution in [0.5, 0.6) is 11.5 Å². The predicted octanol–water partition coefficient (Wildman–Crippen LogP) is 3.04. The second kappa shape index (κ2) is 9.01. The Hall–Kier alpha value is -0.980. The molecule has 0 aliphatic heterocycles. The fourth-order valence-corrected chi connectivity index (χ4v) is 2.22. The van der Waals surface area contributed by atoms with Crippen molar-refractivity contribution in [3.05, 3.63) is 23.8 Å².